The number of hydrogen-bond acceptors (Lipinski definition) is 2. The van der Waals surface area contributed by atoms with Gasteiger partial charge < -0.3 is 10.4 Å². The molecule has 2 nitrogen and oxygen atoms in total. The van der Waals surface area contributed by atoms with Gasteiger partial charge in [0.25, 0.3) is 0 Å². The average molecular weight is 251 g/mol. The number of benzene rings is 1. The van der Waals surface area contributed by atoms with E-state index in [2.05, 4.69) is 5.32 Å². The highest BCUT2D eigenvalue weighted by atomic mass is 35.5. The van der Waals surface area contributed by atoms with Crippen molar-refractivity contribution in [2.24, 2.45) is 0 Å². The van der Waals surface area contributed by atoms with Crippen molar-refractivity contribution in [2.45, 2.75) is 45.2 Å². The Labute approximate surface area is 115 Å². The van der Waals surface area contributed by atoms with Gasteiger partial charge in [0.15, 0.2) is 0 Å². The molecule has 1 aromatic rings. The second kappa shape index (κ2) is 5.17. The summed E-state index contributed by atoms with van der Waals surface area (Å²) in [6.45, 7) is -8.84. The van der Waals surface area contributed by atoms with E-state index in [9.17, 15) is 5.11 Å². The lowest BCUT2D eigenvalue weighted by Crippen LogP contribution is -2.44. The van der Waals surface area contributed by atoms with Gasteiger partial charge in [-0.2, -0.15) is 0 Å². The summed E-state index contributed by atoms with van der Waals surface area (Å²) in [5.74, 6) is 0. The number of nitrogens with one attached hydrogen (secondary N) is 1. The molecule has 0 spiro atoms. The number of halogens is 1. The molecule has 0 amide bonds. The molecule has 2 atom stereocenters. The molecule has 0 aromatic heterocycles. The Balaban J connectivity index is 3.35. The first-order valence-corrected chi connectivity index (χ1v) is 5.13. The van der Waals surface area contributed by atoms with Crippen LogP contribution < -0.4 is 5.32 Å². The van der Waals surface area contributed by atoms with Gasteiger partial charge in [-0.15, -0.1) is 0 Å². The maximum absolute atomic E-state index is 10.4. The molecule has 16 heavy (non-hydrogen) atoms. The molecule has 0 aliphatic rings. The van der Waals surface area contributed by atoms with Crippen LogP contribution in [0.1, 0.15) is 51.5 Å². The molecule has 0 aliphatic heterocycles. The van der Waals surface area contributed by atoms with Crippen molar-refractivity contribution in [3.8, 4) is 0 Å². The van der Waals surface area contributed by atoms with E-state index in [1.54, 1.807) is 12.1 Å². The lowest BCUT2D eigenvalue weighted by atomic mass is 10.00. The summed E-state index contributed by atoms with van der Waals surface area (Å²) in [6.07, 6.45) is -1.37. The van der Waals surface area contributed by atoms with Gasteiger partial charge in [-0.05, 0) is 45.2 Å². The molecule has 0 saturated carbocycles. The Morgan fingerprint density at radius 2 is 2.12 bits per heavy atom. The first-order chi connectivity index (χ1) is 11.0. The number of rotatable bonds is 3. The van der Waals surface area contributed by atoms with Crippen LogP contribution in [0.25, 0.3) is 0 Å². The Hall–Kier alpha value is -0.570. The van der Waals surface area contributed by atoms with Gasteiger partial charge in [0.1, 0.15) is 0 Å². The normalized spacial score (nSPS) is 26.6. The number of aliphatic hydroxyl groups excluding tert-OH is 1. The quantitative estimate of drug-likeness (QED) is 0.864. The predicted molar refractivity (Wildman–Crippen MR) is 68.8 cm³/mol. The molecule has 2 unspecified atom stereocenters. The highest BCUT2D eigenvalue weighted by Crippen LogP contribution is 2.21. The standard InChI is InChI=1S/C13H20ClNO/c1-9(15-13(2,3)4)12(16)10-6-5-7-11(14)8-10/h5-9,12,15-16H,1-4H3/i2D3,3D3,4D3. The molecule has 0 aliphatic carbocycles. The Morgan fingerprint density at radius 3 is 2.69 bits per heavy atom. The van der Waals surface area contributed by atoms with Crippen LogP contribution in [-0.4, -0.2) is 16.7 Å². The summed E-state index contributed by atoms with van der Waals surface area (Å²) in [5.41, 5.74) is -2.91. The highest BCUT2D eigenvalue weighted by Gasteiger charge is 2.21. The van der Waals surface area contributed by atoms with Crippen LogP contribution in [0.4, 0.5) is 0 Å². The van der Waals surface area contributed by atoms with Crippen molar-refractivity contribution in [3.63, 3.8) is 0 Å². The van der Waals surface area contributed by atoms with Gasteiger partial charge >= 0.3 is 0 Å². The molecule has 3 heteroatoms. The second-order valence-corrected chi connectivity index (χ2v) is 4.12. The van der Waals surface area contributed by atoms with E-state index in [1.807, 2.05) is 0 Å². The van der Waals surface area contributed by atoms with Crippen molar-refractivity contribution in [3.05, 3.63) is 34.9 Å². The van der Waals surface area contributed by atoms with Gasteiger partial charge in [0, 0.05) is 28.9 Å². The Kier molecular flexibility index (Phi) is 1.74. The minimum atomic E-state index is -3.38. The van der Waals surface area contributed by atoms with Crippen LogP contribution in [0, 0.1) is 0 Å². The second-order valence-electron chi connectivity index (χ2n) is 3.68. The molecule has 1 rings (SSSR count). The third kappa shape index (κ3) is 4.12. The van der Waals surface area contributed by atoms with Crippen LogP contribution in [0.2, 0.25) is 5.02 Å². The first kappa shape index (κ1) is 5.38. The fourth-order valence-electron chi connectivity index (χ4n) is 1.40. The van der Waals surface area contributed by atoms with Crippen molar-refractivity contribution in [1.82, 2.24) is 5.32 Å². The van der Waals surface area contributed by atoms with Gasteiger partial charge in [-0.3, -0.25) is 0 Å². The van der Waals surface area contributed by atoms with Gasteiger partial charge in [0.05, 0.1) is 6.10 Å². The largest absolute Gasteiger partial charge is 0.387 e. The SMILES string of the molecule is [2H]C([2H])([2H])C(NC(C)C(O)c1cccc(Cl)c1)(C([2H])([2H])[2H])C([2H])([2H])[2H]. The fourth-order valence-corrected chi connectivity index (χ4v) is 1.60. The average Bonchev–Trinajstić information content (AvgIpc) is 2.39. The summed E-state index contributed by atoms with van der Waals surface area (Å²) in [7, 11) is 0. The van der Waals surface area contributed by atoms with Crippen molar-refractivity contribution >= 4 is 11.6 Å². The summed E-state index contributed by atoms with van der Waals surface area (Å²) >= 11 is 5.84. The van der Waals surface area contributed by atoms with Gasteiger partial charge in [-0.25, -0.2) is 0 Å². The summed E-state index contributed by atoms with van der Waals surface area (Å²) in [6, 6.07) is 4.86. The molecular weight excluding hydrogens is 222 g/mol. The fraction of sp³-hybridized carbons (Fsp3) is 0.538. The molecule has 1 aromatic carbocycles. The molecule has 0 radical (unpaired) electrons. The van der Waals surface area contributed by atoms with E-state index in [0.717, 1.165) is 0 Å². The molecule has 0 saturated heterocycles. The van der Waals surface area contributed by atoms with E-state index in [0.29, 0.717) is 10.6 Å². The zero-order valence-corrected chi connectivity index (χ0v) is 9.55. The smallest absolute Gasteiger partial charge is 0.0940 e. The van der Waals surface area contributed by atoms with Gasteiger partial charge in [-0.1, -0.05) is 23.7 Å². The first-order valence-electron chi connectivity index (χ1n) is 9.26. The van der Waals surface area contributed by atoms with E-state index < -0.39 is 38.2 Å². The molecule has 90 valence electrons. The lowest BCUT2D eigenvalue weighted by molar-refractivity contribution is 0.121. The maximum atomic E-state index is 10.4. The minimum Gasteiger partial charge on any atom is -0.387 e. The molecule has 2 N–H and O–H groups in total. The van der Waals surface area contributed by atoms with E-state index >= 15 is 0 Å². The van der Waals surface area contributed by atoms with Crippen molar-refractivity contribution in [1.29, 1.82) is 0 Å². The lowest BCUT2D eigenvalue weighted by Gasteiger charge is -2.29. The van der Waals surface area contributed by atoms with Crippen LogP contribution in [-0.2, 0) is 0 Å². The summed E-state index contributed by atoms with van der Waals surface area (Å²) in [5, 5.41) is 12.9. The topological polar surface area (TPSA) is 32.3 Å². The Morgan fingerprint density at radius 1 is 1.44 bits per heavy atom. The number of hydrogen-bond donors (Lipinski definition) is 2. The molecular formula is C13H20ClNO. The summed E-state index contributed by atoms with van der Waals surface area (Å²) in [4.78, 5) is 0. The third-order valence-corrected chi connectivity index (χ3v) is 2.34. The minimum absolute atomic E-state index is 0.294. The monoisotopic (exact) mass is 250 g/mol. The van der Waals surface area contributed by atoms with Crippen LogP contribution >= 0.6 is 11.6 Å². The van der Waals surface area contributed by atoms with E-state index in [-0.39, 0.29) is 0 Å². The molecule has 0 bridgehead atoms. The third-order valence-electron chi connectivity index (χ3n) is 2.11. The van der Waals surface area contributed by atoms with Crippen molar-refractivity contribution in [2.75, 3.05) is 0 Å². The molecule has 0 fully saturated rings. The van der Waals surface area contributed by atoms with Crippen LogP contribution in [0.15, 0.2) is 24.3 Å². The maximum Gasteiger partial charge on any atom is 0.0940 e. The van der Waals surface area contributed by atoms with E-state index in [1.165, 1.54) is 19.1 Å². The zero-order valence-electron chi connectivity index (χ0n) is 17.8. The highest BCUT2D eigenvalue weighted by molar-refractivity contribution is 6.30. The number of aliphatic hydroxyl groups is 1. The summed E-state index contributed by atoms with van der Waals surface area (Å²) < 4.78 is 68.1. The predicted octanol–water partition coefficient (Wildman–Crippen LogP) is 3.15. The zero-order chi connectivity index (χ0) is 19.8. The van der Waals surface area contributed by atoms with Gasteiger partial charge in [0.2, 0.25) is 0 Å². The molecule has 0 heterocycles. The van der Waals surface area contributed by atoms with E-state index in [4.69, 9.17) is 23.9 Å². The Bertz CT molecular complexity index is 560. The van der Waals surface area contributed by atoms with Crippen LogP contribution in [0.3, 0.4) is 0 Å². The van der Waals surface area contributed by atoms with Crippen LogP contribution in [0.5, 0.6) is 0 Å². The van der Waals surface area contributed by atoms with Crippen molar-refractivity contribution < 1.29 is 17.4 Å².